The normalized spacial score (nSPS) is 12.6. The van der Waals surface area contributed by atoms with Gasteiger partial charge < -0.3 is 10.1 Å². The first-order valence-electron chi connectivity index (χ1n) is 4.44. The highest BCUT2D eigenvalue weighted by molar-refractivity contribution is 5.45. The molecule has 1 heterocycles. The number of hydrogen-bond donors (Lipinski definition) is 1. The summed E-state index contributed by atoms with van der Waals surface area (Å²) >= 11 is 0. The fourth-order valence-corrected chi connectivity index (χ4v) is 0.971. The van der Waals surface area contributed by atoms with E-state index in [0.717, 1.165) is 0 Å². The number of halogens is 4. The zero-order chi connectivity index (χ0) is 12.3. The monoisotopic (exact) mass is 238 g/mol. The molecule has 1 unspecified atom stereocenters. The molecule has 0 bridgehead atoms. The van der Waals surface area contributed by atoms with E-state index in [-0.39, 0.29) is 12.6 Å². The zero-order valence-electron chi connectivity index (χ0n) is 8.65. The standard InChI is InChI=1S/C9H10F4N2O/c1-4(16-2)3-14-7-5(10)8(12)15-9(13)6(7)11/h4H,3H2,1-2H3,(H,14,15). The Balaban J connectivity index is 2.94. The summed E-state index contributed by atoms with van der Waals surface area (Å²) in [6, 6.07) is 0. The number of nitrogens with zero attached hydrogens (tertiary/aromatic N) is 1. The summed E-state index contributed by atoms with van der Waals surface area (Å²) in [5.41, 5.74) is -0.881. The lowest BCUT2D eigenvalue weighted by Crippen LogP contribution is -2.20. The highest BCUT2D eigenvalue weighted by Crippen LogP contribution is 2.21. The lowest BCUT2D eigenvalue weighted by atomic mass is 10.3. The maximum Gasteiger partial charge on any atom is 0.253 e. The van der Waals surface area contributed by atoms with Crippen molar-refractivity contribution < 1.29 is 22.3 Å². The molecule has 0 saturated heterocycles. The molecule has 0 radical (unpaired) electrons. The predicted octanol–water partition coefficient (Wildman–Crippen LogP) is 2.08. The number of hydrogen-bond acceptors (Lipinski definition) is 3. The molecule has 7 heteroatoms. The molecule has 0 saturated carbocycles. The molecule has 0 amide bonds. The van der Waals surface area contributed by atoms with E-state index in [1.165, 1.54) is 7.11 Å². The molecule has 0 aliphatic rings. The van der Waals surface area contributed by atoms with Crippen LogP contribution in [0.2, 0.25) is 0 Å². The van der Waals surface area contributed by atoms with Crippen molar-refractivity contribution in [1.29, 1.82) is 0 Å². The van der Waals surface area contributed by atoms with Crippen LogP contribution in [0.1, 0.15) is 6.92 Å². The maximum atomic E-state index is 13.0. The fraction of sp³-hybridized carbons (Fsp3) is 0.444. The van der Waals surface area contributed by atoms with Crippen molar-refractivity contribution in [3.05, 3.63) is 23.5 Å². The van der Waals surface area contributed by atoms with Gasteiger partial charge in [0, 0.05) is 13.7 Å². The van der Waals surface area contributed by atoms with Crippen LogP contribution in [0.3, 0.4) is 0 Å². The summed E-state index contributed by atoms with van der Waals surface area (Å²) in [5, 5.41) is 2.22. The van der Waals surface area contributed by atoms with Crippen LogP contribution < -0.4 is 5.32 Å². The number of rotatable bonds is 4. The van der Waals surface area contributed by atoms with E-state index in [2.05, 4.69) is 10.3 Å². The zero-order valence-corrected chi connectivity index (χ0v) is 8.65. The molecule has 0 aromatic carbocycles. The highest BCUT2D eigenvalue weighted by atomic mass is 19.2. The Morgan fingerprint density at radius 2 is 1.69 bits per heavy atom. The van der Waals surface area contributed by atoms with Crippen molar-refractivity contribution in [2.75, 3.05) is 19.0 Å². The number of aromatic nitrogens is 1. The predicted molar refractivity (Wildman–Crippen MR) is 49.0 cm³/mol. The summed E-state index contributed by atoms with van der Waals surface area (Å²) in [6.07, 6.45) is -0.363. The Kier molecular flexibility index (Phi) is 4.05. The third-order valence-electron chi connectivity index (χ3n) is 1.97. The first kappa shape index (κ1) is 12.7. The van der Waals surface area contributed by atoms with Gasteiger partial charge in [0.25, 0.3) is 11.9 Å². The summed E-state index contributed by atoms with van der Waals surface area (Å²) in [4.78, 5) is 2.43. The third kappa shape index (κ3) is 2.60. The Bertz CT molecular complexity index is 360. The molecule has 90 valence electrons. The van der Waals surface area contributed by atoms with E-state index < -0.39 is 29.2 Å². The summed E-state index contributed by atoms with van der Waals surface area (Å²) in [7, 11) is 1.40. The van der Waals surface area contributed by atoms with Gasteiger partial charge in [-0.3, -0.25) is 0 Å². The number of pyridine rings is 1. The lowest BCUT2D eigenvalue weighted by molar-refractivity contribution is 0.128. The molecule has 1 aromatic rings. The molecule has 0 aliphatic heterocycles. The molecule has 16 heavy (non-hydrogen) atoms. The second-order valence-corrected chi connectivity index (χ2v) is 3.12. The highest BCUT2D eigenvalue weighted by Gasteiger charge is 2.20. The molecule has 0 fully saturated rings. The SMILES string of the molecule is COC(C)CNc1c(F)c(F)nc(F)c1F. The first-order valence-corrected chi connectivity index (χ1v) is 4.44. The van der Waals surface area contributed by atoms with E-state index in [1.54, 1.807) is 6.92 Å². The number of anilines is 1. The van der Waals surface area contributed by atoms with Crippen molar-refractivity contribution in [3.8, 4) is 0 Å². The van der Waals surface area contributed by atoms with Gasteiger partial charge in [-0.25, -0.2) is 0 Å². The third-order valence-corrected chi connectivity index (χ3v) is 1.97. The minimum Gasteiger partial charge on any atom is -0.380 e. The number of methoxy groups -OCH3 is 1. The number of nitrogens with one attached hydrogen (secondary N) is 1. The molecular weight excluding hydrogens is 228 g/mol. The molecule has 0 spiro atoms. The molecule has 1 rings (SSSR count). The first-order chi connectivity index (χ1) is 7.47. The van der Waals surface area contributed by atoms with Gasteiger partial charge in [0.15, 0.2) is 0 Å². The second kappa shape index (κ2) is 5.11. The van der Waals surface area contributed by atoms with Gasteiger partial charge in [0.1, 0.15) is 5.69 Å². The van der Waals surface area contributed by atoms with Crippen LogP contribution in [0, 0.1) is 23.5 Å². The average Bonchev–Trinajstić information content (AvgIpc) is 2.26. The van der Waals surface area contributed by atoms with Crippen molar-refractivity contribution >= 4 is 5.69 Å². The van der Waals surface area contributed by atoms with E-state index in [1.807, 2.05) is 0 Å². The van der Waals surface area contributed by atoms with Crippen LogP contribution in [0.25, 0.3) is 0 Å². The van der Waals surface area contributed by atoms with Crippen LogP contribution in [-0.2, 0) is 4.74 Å². The van der Waals surface area contributed by atoms with Crippen LogP contribution in [-0.4, -0.2) is 24.7 Å². The summed E-state index contributed by atoms with van der Waals surface area (Å²) < 4.78 is 56.2. The topological polar surface area (TPSA) is 34.1 Å². The maximum absolute atomic E-state index is 13.0. The lowest BCUT2D eigenvalue weighted by Gasteiger charge is -2.13. The van der Waals surface area contributed by atoms with E-state index in [0.29, 0.717) is 0 Å². The minimum atomic E-state index is -1.69. The molecule has 1 atom stereocenters. The van der Waals surface area contributed by atoms with E-state index in [9.17, 15) is 17.6 Å². The smallest absolute Gasteiger partial charge is 0.253 e. The molecule has 1 N–H and O–H groups in total. The minimum absolute atomic E-state index is 0.00718. The van der Waals surface area contributed by atoms with Crippen molar-refractivity contribution in [1.82, 2.24) is 4.98 Å². The van der Waals surface area contributed by atoms with E-state index >= 15 is 0 Å². The Morgan fingerprint density at radius 3 is 2.12 bits per heavy atom. The van der Waals surface area contributed by atoms with Crippen LogP contribution >= 0.6 is 0 Å². The molecule has 0 aliphatic carbocycles. The summed E-state index contributed by atoms with van der Waals surface area (Å²) in [6.45, 7) is 1.63. The van der Waals surface area contributed by atoms with E-state index in [4.69, 9.17) is 4.74 Å². The largest absolute Gasteiger partial charge is 0.380 e. The van der Waals surface area contributed by atoms with Gasteiger partial charge in [-0.2, -0.15) is 22.5 Å². The summed E-state index contributed by atoms with van der Waals surface area (Å²) in [5.74, 6) is -6.48. The van der Waals surface area contributed by atoms with Gasteiger partial charge in [-0.05, 0) is 6.92 Å². The quantitative estimate of drug-likeness (QED) is 0.644. The van der Waals surface area contributed by atoms with Crippen LogP contribution in [0.5, 0.6) is 0 Å². The van der Waals surface area contributed by atoms with Gasteiger partial charge in [-0.15, -0.1) is 0 Å². The van der Waals surface area contributed by atoms with Crippen molar-refractivity contribution in [3.63, 3.8) is 0 Å². The van der Waals surface area contributed by atoms with Crippen molar-refractivity contribution in [2.24, 2.45) is 0 Å². The number of ether oxygens (including phenoxy) is 1. The van der Waals surface area contributed by atoms with Gasteiger partial charge in [0.2, 0.25) is 11.6 Å². The van der Waals surface area contributed by atoms with Gasteiger partial charge in [0.05, 0.1) is 6.10 Å². The average molecular weight is 238 g/mol. The van der Waals surface area contributed by atoms with Gasteiger partial charge >= 0.3 is 0 Å². The second-order valence-electron chi connectivity index (χ2n) is 3.12. The van der Waals surface area contributed by atoms with Crippen LogP contribution in [0.15, 0.2) is 0 Å². The Morgan fingerprint density at radius 1 is 1.19 bits per heavy atom. The Labute approximate surface area is 89.4 Å². The molecular formula is C9H10F4N2O. The molecule has 1 aromatic heterocycles. The van der Waals surface area contributed by atoms with Crippen LogP contribution in [0.4, 0.5) is 23.2 Å². The fourth-order valence-electron chi connectivity index (χ4n) is 0.971. The van der Waals surface area contributed by atoms with Gasteiger partial charge in [-0.1, -0.05) is 0 Å². The molecule has 3 nitrogen and oxygen atoms in total. The Hall–Kier alpha value is -1.37. The van der Waals surface area contributed by atoms with Crippen molar-refractivity contribution in [2.45, 2.75) is 13.0 Å².